The third kappa shape index (κ3) is 3.89. The van der Waals surface area contributed by atoms with Gasteiger partial charge in [-0.1, -0.05) is 35.5 Å². The highest BCUT2D eigenvalue weighted by atomic mass is 16.5. The number of rotatable bonds is 6. The molecule has 23 heavy (non-hydrogen) atoms. The van der Waals surface area contributed by atoms with Gasteiger partial charge < -0.3 is 14.7 Å². The van der Waals surface area contributed by atoms with E-state index in [9.17, 15) is 0 Å². The van der Waals surface area contributed by atoms with E-state index in [0.717, 1.165) is 24.5 Å². The Labute approximate surface area is 134 Å². The minimum Gasteiger partial charge on any atom is -0.367 e. The van der Waals surface area contributed by atoms with E-state index < -0.39 is 0 Å². The van der Waals surface area contributed by atoms with E-state index in [1.807, 2.05) is 56.6 Å². The maximum absolute atomic E-state index is 5.27. The molecular formula is C16H18N6O. The van der Waals surface area contributed by atoms with Gasteiger partial charge in [0.2, 0.25) is 5.82 Å². The Balaban J connectivity index is 1.69. The van der Waals surface area contributed by atoms with Crippen LogP contribution in [-0.4, -0.2) is 52.4 Å². The van der Waals surface area contributed by atoms with Crippen molar-refractivity contribution < 1.29 is 4.52 Å². The first-order valence-corrected chi connectivity index (χ1v) is 7.34. The molecule has 3 aromatic rings. The van der Waals surface area contributed by atoms with Gasteiger partial charge in [0.05, 0.1) is 0 Å². The van der Waals surface area contributed by atoms with Crippen LogP contribution < -0.4 is 5.32 Å². The molecule has 1 aromatic carbocycles. The number of aromatic nitrogens is 4. The Bertz CT molecular complexity index is 739. The number of nitrogens with one attached hydrogen (secondary N) is 1. The van der Waals surface area contributed by atoms with Gasteiger partial charge in [0.25, 0.3) is 5.89 Å². The third-order valence-corrected chi connectivity index (χ3v) is 3.21. The summed E-state index contributed by atoms with van der Waals surface area (Å²) in [6.45, 7) is 1.73. The largest absolute Gasteiger partial charge is 0.367 e. The fourth-order valence-electron chi connectivity index (χ4n) is 1.98. The fourth-order valence-corrected chi connectivity index (χ4v) is 1.98. The van der Waals surface area contributed by atoms with Crippen LogP contribution in [0.1, 0.15) is 0 Å². The minimum absolute atomic E-state index is 0.358. The topological polar surface area (TPSA) is 80.0 Å². The molecule has 0 atom stereocenters. The average Bonchev–Trinajstić information content (AvgIpc) is 3.06. The van der Waals surface area contributed by atoms with E-state index in [1.54, 1.807) is 0 Å². The lowest BCUT2D eigenvalue weighted by molar-refractivity contribution is 0.425. The summed E-state index contributed by atoms with van der Waals surface area (Å²) in [6, 6.07) is 13.3. The van der Waals surface area contributed by atoms with Gasteiger partial charge in [0.1, 0.15) is 5.82 Å². The van der Waals surface area contributed by atoms with Crippen molar-refractivity contribution in [2.75, 3.05) is 32.5 Å². The second-order valence-corrected chi connectivity index (χ2v) is 5.32. The zero-order chi connectivity index (χ0) is 16.1. The van der Waals surface area contributed by atoms with Crippen LogP contribution in [0.15, 0.2) is 47.0 Å². The van der Waals surface area contributed by atoms with Crippen LogP contribution >= 0.6 is 0 Å². The first-order chi connectivity index (χ1) is 11.2. The standard InChI is InChI=1S/C16H18N6O/c1-22(2)11-10-17-14-9-8-13(19-20-14)16-18-15(21-23-16)12-6-4-3-5-7-12/h3-9H,10-11H2,1-2H3,(H,17,20). The number of nitrogens with zero attached hydrogens (tertiary/aromatic N) is 5. The Morgan fingerprint density at radius 3 is 2.57 bits per heavy atom. The van der Waals surface area contributed by atoms with Crippen molar-refractivity contribution in [3.05, 3.63) is 42.5 Å². The molecule has 0 radical (unpaired) electrons. The maximum Gasteiger partial charge on any atom is 0.278 e. The van der Waals surface area contributed by atoms with Crippen LogP contribution in [0.3, 0.4) is 0 Å². The van der Waals surface area contributed by atoms with Crippen LogP contribution in [0.5, 0.6) is 0 Å². The predicted octanol–water partition coefficient (Wildman–Crippen LogP) is 2.17. The van der Waals surface area contributed by atoms with E-state index >= 15 is 0 Å². The summed E-state index contributed by atoms with van der Waals surface area (Å²) >= 11 is 0. The average molecular weight is 310 g/mol. The molecule has 118 valence electrons. The quantitative estimate of drug-likeness (QED) is 0.747. The first kappa shape index (κ1) is 15.1. The lowest BCUT2D eigenvalue weighted by atomic mass is 10.2. The Morgan fingerprint density at radius 2 is 1.87 bits per heavy atom. The van der Waals surface area contributed by atoms with Crippen LogP contribution in [0.25, 0.3) is 23.0 Å². The molecule has 0 aliphatic rings. The van der Waals surface area contributed by atoms with Gasteiger partial charge >= 0.3 is 0 Å². The molecule has 0 aliphatic heterocycles. The van der Waals surface area contributed by atoms with Gasteiger partial charge in [0.15, 0.2) is 5.69 Å². The molecule has 0 unspecified atom stereocenters. The summed E-state index contributed by atoms with van der Waals surface area (Å²) < 4.78 is 5.27. The van der Waals surface area contributed by atoms with Gasteiger partial charge in [-0.05, 0) is 26.2 Å². The lowest BCUT2D eigenvalue weighted by Gasteiger charge is -2.10. The molecule has 7 nitrogen and oxygen atoms in total. The second-order valence-electron chi connectivity index (χ2n) is 5.32. The maximum atomic E-state index is 5.27. The van der Waals surface area contributed by atoms with Crippen LogP contribution in [0.4, 0.5) is 5.82 Å². The monoisotopic (exact) mass is 310 g/mol. The lowest BCUT2D eigenvalue weighted by Crippen LogP contribution is -2.21. The molecule has 0 bridgehead atoms. The van der Waals surface area contributed by atoms with Crippen molar-refractivity contribution in [2.24, 2.45) is 0 Å². The van der Waals surface area contributed by atoms with Crippen molar-refractivity contribution in [3.8, 4) is 23.0 Å². The van der Waals surface area contributed by atoms with E-state index in [2.05, 4.69) is 30.6 Å². The van der Waals surface area contributed by atoms with E-state index in [0.29, 0.717) is 17.4 Å². The summed E-state index contributed by atoms with van der Waals surface area (Å²) in [7, 11) is 4.05. The van der Waals surface area contributed by atoms with Crippen LogP contribution in [0, 0.1) is 0 Å². The van der Waals surface area contributed by atoms with Crippen molar-refractivity contribution >= 4 is 5.82 Å². The number of benzene rings is 1. The zero-order valence-corrected chi connectivity index (χ0v) is 13.1. The molecule has 0 saturated carbocycles. The van der Waals surface area contributed by atoms with Gasteiger partial charge in [-0.3, -0.25) is 0 Å². The summed E-state index contributed by atoms with van der Waals surface area (Å²) in [6.07, 6.45) is 0. The smallest absolute Gasteiger partial charge is 0.278 e. The Hall–Kier alpha value is -2.80. The highest BCUT2D eigenvalue weighted by Gasteiger charge is 2.12. The van der Waals surface area contributed by atoms with E-state index in [-0.39, 0.29) is 0 Å². The van der Waals surface area contributed by atoms with Crippen molar-refractivity contribution in [2.45, 2.75) is 0 Å². The number of hydrogen-bond acceptors (Lipinski definition) is 7. The minimum atomic E-state index is 0.358. The molecule has 2 aromatic heterocycles. The molecule has 0 aliphatic carbocycles. The van der Waals surface area contributed by atoms with Gasteiger partial charge in [0, 0.05) is 18.7 Å². The first-order valence-electron chi connectivity index (χ1n) is 7.34. The van der Waals surface area contributed by atoms with E-state index in [1.165, 1.54) is 0 Å². The molecule has 2 heterocycles. The SMILES string of the molecule is CN(C)CCNc1ccc(-c2nc(-c3ccccc3)no2)nn1. The van der Waals surface area contributed by atoms with Gasteiger partial charge in [-0.2, -0.15) is 4.98 Å². The van der Waals surface area contributed by atoms with Gasteiger partial charge in [-0.15, -0.1) is 10.2 Å². The summed E-state index contributed by atoms with van der Waals surface area (Å²) in [5, 5.41) is 15.4. The van der Waals surface area contributed by atoms with Crippen LogP contribution in [0.2, 0.25) is 0 Å². The highest BCUT2D eigenvalue weighted by molar-refractivity contribution is 5.57. The predicted molar refractivity (Wildman–Crippen MR) is 87.8 cm³/mol. The molecule has 3 rings (SSSR count). The Kier molecular flexibility index (Phi) is 4.58. The molecule has 0 spiro atoms. The van der Waals surface area contributed by atoms with Gasteiger partial charge in [-0.25, -0.2) is 0 Å². The van der Waals surface area contributed by atoms with Crippen molar-refractivity contribution in [1.29, 1.82) is 0 Å². The number of likely N-dealkylation sites (N-methyl/N-ethyl adjacent to an activating group) is 1. The molecule has 0 amide bonds. The third-order valence-electron chi connectivity index (χ3n) is 3.21. The number of hydrogen-bond donors (Lipinski definition) is 1. The molecule has 0 saturated heterocycles. The second kappa shape index (κ2) is 6.97. The molecule has 1 N–H and O–H groups in total. The molecule has 7 heteroatoms. The number of anilines is 1. The summed E-state index contributed by atoms with van der Waals surface area (Å²) in [4.78, 5) is 6.45. The molecular weight excluding hydrogens is 292 g/mol. The fraction of sp³-hybridized carbons (Fsp3) is 0.250. The summed E-state index contributed by atoms with van der Waals surface area (Å²) in [5.41, 5.74) is 1.45. The van der Waals surface area contributed by atoms with Crippen molar-refractivity contribution in [1.82, 2.24) is 25.2 Å². The summed E-state index contributed by atoms with van der Waals surface area (Å²) in [5.74, 6) is 1.62. The van der Waals surface area contributed by atoms with E-state index in [4.69, 9.17) is 4.52 Å². The Morgan fingerprint density at radius 1 is 1.04 bits per heavy atom. The zero-order valence-electron chi connectivity index (χ0n) is 13.1. The van der Waals surface area contributed by atoms with Crippen molar-refractivity contribution in [3.63, 3.8) is 0 Å². The normalized spacial score (nSPS) is 10.9. The van der Waals surface area contributed by atoms with Crippen LogP contribution in [-0.2, 0) is 0 Å². The molecule has 0 fully saturated rings. The highest BCUT2D eigenvalue weighted by Crippen LogP contribution is 2.20.